The molecular formula is C18H21NO. The third kappa shape index (κ3) is 2.20. The lowest BCUT2D eigenvalue weighted by atomic mass is 9.87. The molecule has 0 saturated carbocycles. The second kappa shape index (κ2) is 5.29. The molecule has 0 fully saturated rings. The van der Waals surface area contributed by atoms with E-state index >= 15 is 0 Å². The Morgan fingerprint density at radius 3 is 2.75 bits per heavy atom. The summed E-state index contributed by atoms with van der Waals surface area (Å²) in [6, 6.07) is 14.9. The molecule has 20 heavy (non-hydrogen) atoms. The summed E-state index contributed by atoms with van der Waals surface area (Å²) >= 11 is 0. The van der Waals surface area contributed by atoms with E-state index in [-0.39, 0.29) is 6.04 Å². The fourth-order valence-corrected chi connectivity index (χ4v) is 3.33. The van der Waals surface area contributed by atoms with Crippen molar-refractivity contribution in [3.05, 3.63) is 64.7 Å². The lowest BCUT2D eigenvalue weighted by Gasteiger charge is -2.23. The predicted molar refractivity (Wildman–Crippen MR) is 82.2 cm³/mol. The molecule has 0 aromatic heterocycles. The summed E-state index contributed by atoms with van der Waals surface area (Å²) in [7, 11) is 1.70. The molecule has 2 nitrogen and oxygen atoms in total. The minimum Gasteiger partial charge on any atom is -0.497 e. The third-order valence-corrected chi connectivity index (χ3v) is 4.45. The largest absolute Gasteiger partial charge is 0.497 e. The van der Waals surface area contributed by atoms with Gasteiger partial charge in [-0.2, -0.15) is 0 Å². The Bertz CT molecular complexity index is 621. The Kier molecular flexibility index (Phi) is 3.49. The van der Waals surface area contributed by atoms with Crippen LogP contribution in [0.25, 0.3) is 0 Å². The number of benzene rings is 2. The molecular weight excluding hydrogens is 246 g/mol. The molecule has 0 spiro atoms. The van der Waals surface area contributed by atoms with Gasteiger partial charge in [0.1, 0.15) is 5.75 Å². The van der Waals surface area contributed by atoms with Crippen molar-refractivity contribution in [2.24, 2.45) is 5.73 Å². The van der Waals surface area contributed by atoms with Crippen molar-refractivity contribution in [1.29, 1.82) is 0 Å². The van der Waals surface area contributed by atoms with E-state index in [9.17, 15) is 0 Å². The molecule has 2 heteroatoms. The number of ether oxygens (including phenoxy) is 1. The van der Waals surface area contributed by atoms with E-state index in [2.05, 4.69) is 43.3 Å². The van der Waals surface area contributed by atoms with Crippen LogP contribution < -0.4 is 10.5 Å². The molecule has 2 unspecified atom stereocenters. The molecule has 2 N–H and O–H groups in total. The quantitative estimate of drug-likeness (QED) is 0.919. The molecule has 1 aliphatic carbocycles. The van der Waals surface area contributed by atoms with E-state index in [1.165, 1.54) is 22.3 Å². The highest BCUT2D eigenvalue weighted by Crippen LogP contribution is 2.41. The van der Waals surface area contributed by atoms with Gasteiger partial charge < -0.3 is 10.5 Å². The molecule has 0 saturated heterocycles. The number of aryl methyl sites for hydroxylation is 2. The molecule has 0 bridgehead atoms. The van der Waals surface area contributed by atoms with Gasteiger partial charge in [-0.1, -0.05) is 30.3 Å². The zero-order valence-corrected chi connectivity index (χ0v) is 12.1. The lowest BCUT2D eigenvalue weighted by molar-refractivity contribution is 0.414. The van der Waals surface area contributed by atoms with Gasteiger partial charge in [-0.25, -0.2) is 0 Å². The maximum Gasteiger partial charge on any atom is 0.119 e. The monoisotopic (exact) mass is 267 g/mol. The maximum atomic E-state index is 6.57. The zero-order chi connectivity index (χ0) is 14.1. The van der Waals surface area contributed by atoms with E-state index in [1.54, 1.807) is 7.11 Å². The van der Waals surface area contributed by atoms with Crippen molar-refractivity contribution in [1.82, 2.24) is 0 Å². The normalized spacial score (nSPS) is 18.6. The number of hydrogen-bond acceptors (Lipinski definition) is 2. The van der Waals surface area contributed by atoms with Gasteiger partial charge in [0.2, 0.25) is 0 Å². The second-order valence-corrected chi connectivity index (χ2v) is 5.59. The predicted octanol–water partition coefficient (Wildman–Crippen LogP) is 3.73. The maximum absolute atomic E-state index is 6.57. The molecule has 3 rings (SSSR count). The Morgan fingerprint density at radius 2 is 2.00 bits per heavy atom. The first kappa shape index (κ1) is 13.2. The number of fused-ring (bicyclic) bond motifs is 1. The first-order valence-electron chi connectivity index (χ1n) is 7.18. The summed E-state index contributed by atoms with van der Waals surface area (Å²) in [5.74, 6) is 1.32. The lowest BCUT2D eigenvalue weighted by Crippen LogP contribution is -2.19. The van der Waals surface area contributed by atoms with Gasteiger partial charge in [-0.3, -0.25) is 0 Å². The fraction of sp³-hybridized carbons (Fsp3) is 0.333. The smallest absolute Gasteiger partial charge is 0.119 e. The highest BCUT2D eigenvalue weighted by atomic mass is 16.5. The zero-order valence-electron chi connectivity index (χ0n) is 12.1. The van der Waals surface area contributed by atoms with Gasteiger partial charge in [0.05, 0.1) is 7.11 Å². The van der Waals surface area contributed by atoms with Gasteiger partial charge >= 0.3 is 0 Å². The van der Waals surface area contributed by atoms with E-state index in [1.807, 2.05) is 6.07 Å². The van der Waals surface area contributed by atoms with E-state index in [4.69, 9.17) is 10.5 Å². The summed E-state index contributed by atoms with van der Waals surface area (Å²) in [6.07, 6.45) is 2.29. The van der Waals surface area contributed by atoms with Crippen LogP contribution in [-0.2, 0) is 6.42 Å². The van der Waals surface area contributed by atoms with Crippen LogP contribution in [0.15, 0.2) is 42.5 Å². The van der Waals surface area contributed by atoms with Crippen LogP contribution in [0.4, 0.5) is 0 Å². The summed E-state index contributed by atoms with van der Waals surface area (Å²) in [5.41, 5.74) is 11.9. The SMILES string of the molecule is COc1ccc(C(N)C2CCc3ccccc32)c(C)c1. The van der Waals surface area contributed by atoms with Crippen molar-refractivity contribution >= 4 is 0 Å². The van der Waals surface area contributed by atoms with Crippen LogP contribution in [0, 0.1) is 6.92 Å². The number of rotatable bonds is 3. The van der Waals surface area contributed by atoms with Crippen molar-refractivity contribution in [2.45, 2.75) is 31.7 Å². The van der Waals surface area contributed by atoms with Crippen LogP contribution in [0.1, 0.15) is 40.6 Å². The fourth-order valence-electron chi connectivity index (χ4n) is 3.33. The van der Waals surface area contributed by atoms with E-state index in [0.29, 0.717) is 5.92 Å². The van der Waals surface area contributed by atoms with Crippen molar-refractivity contribution in [2.75, 3.05) is 7.11 Å². The average molecular weight is 267 g/mol. The molecule has 1 aliphatic rings. The highest BCUT2D eigenvalue weighted by Gasteiger charge is 2.28. The Labute approximate surface area is 120 Å². The van der Waals surface area contributed by atoms with Crippen LogP contribution in [0.3, 0.4) is 0 Å². The van der Waals surface area contributed by atoms with Crippen molar-refractivity contribution in [3.8, 4) is 5.75 Å². The first-order chi connectivity index (χ1) is 9.70. The van der Waals surface area contributed by atoms with Crippen molar-refractivity contribution < 1.29 is 4.74 Å². The summed E-state index contributed by atoms with van der Waals surface area (Å²) in [6.45, 7) is 2.11. The molecule has 2 atom stereocenters. The number of methoxy groups -OCH3 is 1. The molecule has 0 amide bonds. The summed E-state index contributed by atoms with van der Waals surface area (Å²) < 4.78 is 5.27. The first-order valence-corrected chi connectivity index (χ1v) is 7.18. The summed E-state index contributed by atoms with van der Waals surface area (Å²) in [4.78, 5) is 0. The van der Waals surface area contributed by atoms with Gasteiger partial charge in [0.15, 0.2) is 0 Å². The Hall–Kier alpha value is -1.80. The van der Waals surface area contributed by atoms with Crippen LogP contribution in [0.2, 0.25) is 0 Å². The topological polar surface area (TPSA) is 35.2 Å². The van der Waals surface area contributed by atoms with Gasteiger partial charge in [-0.05, 0) is 54.2 Å². The summed E-state index contributed by atoms with van der Waals surface area (Å²) in [5, 5.41) is 0. The Balaban J connectivity index is 1.92. The molecule has 2 aromatic rings. The Morgan fingerprint density at radius 1 is 1.20 bits per heavy atom. The van der Waals surface area contributed by atoms with Gasteiger partial charge in [-0.15, -0.1) is 0 Å². The minimum atomic E-state index is 0.0598. The standard InChI is InChI=1S/C18H21NO/c1-12-11-14(20-2)8-10-15(12)18(19)17-9-7-13-5-3-4-6-16(13)17/h3-6,8,10-11,17-18H,7,9,19H2,1-2H3. The third-order valence-electron chi connectivity index (χ3n) is 4.45. The minimum absolute atomic E-state index is 0.0598. The van der Waals surface area contributed by atoms with E-state index in [0.717, 1.165) is 18.6 Å². The average Bonchev–Trinajstić information content (AvgIpc) is 2.90. The number of hydrogen-bond donors (Lipinski definition) is 1. The van der Waals surface area contributed by atoms with Gasteiger partial charge in [0, 0.05) is 12.0 Å². The molecule has 0 heterocycles. The molecule has 0 aliphatic heterocycles. The molecule has 2 aromatic carbocycles. The van der Waals surface area contributed by atoms with Crippen LogP contribution in [0.5, 0.6) is 5.75 Å². The molecule has 104 valence electrons. The second-order valence-electron chi connectivity index (χ2n) is 5.59. The van der Waals surface area contributed by atoms with E-state index < -0.39 is 0 Å². The number of nitrogens with two attached hydrogens (primary N) is 1. The highest BCUT2D eigenvalue weighted by molar-refractivity contribution is 5.42. The van der Waals surface area contributed by atoms with Crippen molar-refractivity contribution in [3.63, 3.8) is 0 Å². The molecule has 0 radical (unpaired) electrons. The van der Waals surface area contributed by atoms with Gasteiger partial charge in [0.25, 0.3) is 0 Å². The van der Waals surface area contributed by atoms with Crippen LogP contribution >= 0.6 is 0 Å². The van der Waals surface area contributed by atoms with Crippen LogP contribution in [-0.4, -0.2) is 7.11 Å².